The second kappa shape index (κ2) is 5.98. The standard InChI is InChI=1S/C14H20F2N2O2S/c1-9-4-3-5-10(2)18(9)21(19,20)13-7-11(8-17)6-12(15)14(13)16/h6-7,9-10H,3-5,8,17H2,1-2H3/t9-,10+. The van der Waals surface area contributed by atoms with E-state index in [1.807, 2.05) is 0 Å². The van der Waals surface area contributed by atoms with Gasteiger partial charge in [0.25, 0.3) is 0 Å². The maximum Gasteiger partial charge on any atom is 0.246 e. The molecule has 1 aliphatic heterocycles. The van der Waals surface area contributed by atoms with Crippen molar-refractivity contribution in [2.45, 2.75) is 56.6 Å². The van der Waals surface area contributed by atoms with Crippen LogP contribution in [0.1, 0.15) is 38.7 Å². The van der Waals surface area contributed by atoms with Crippen LogP contribution < -0.4 is 5.73 Å². The fourth-order valence-corrected chi connectivity index (χ4v) is 4.92. The van der Waals surface area contributed by atoms with Gasteiger partial charge in [0.2, 0.25) is 10.0 Å². The van der Waals surface area contributed by atoms with E-state index in [-0.39, 0.29) is 24.2 Å². The van der Waals surface area contributed by atoms with Gasteiger partial charge >= 0.3 is 0 Å². The molecule has 2 rings (SSSR count). The summed E-state index contributed by atoms with van der Waals surface area (Å²) in [5.74, 6) is -2.52. The predicted molar refractivity (Wildman–Crippen MR) is 76.0 cm³/mol. The topological polar surface area (TPSA) is 63.4 Å². The van der Waals surface area contributed by atoms with Crippen molar-refractivity contribution in [3.8, 4) is 0 Å². The normalized spacial score (nSPS) is 24.2. The molecular formula is C14H20F2N2O2S. The lowest BCUT2D eigenvalue weighted by atomic mass is 10.0. The maximum absolute atomic E-state index is 14.0. The molecule has 118 valence electrons. The third-order valence-corrected chi connectivity index (χ3v) is 6.09. The molecular weight excluding hydrogens is 298 g/mol. The lowest BCUT2D eigenvalue weighted by Crippen LogP contribution is -2.47. The molecule has 21 heavy (non-hydrogen) atoms. The highest BCUT2D eigenvalue weighted by Gasteiger charge is 2.37. The summed E-state index contributed by atoms with van der Waals surface area (Å²) in [5, 5.41) is 0. The van der Waals surface area contributed by atoms with E-state index in [1.165, 1.54) is 4.31 Å². The number of benzene rings is 1. The molecule has 7 heteroatoms. The van der Waals surface area contributed by atoms with Gasteiger partial charge in [-0.25, -0.2) is 17.2 Å². The first kappa shape index (κ1) is 16.3. The van der Waals surface area contributed by atoms with Crippen molar-refractivity contribution in [3.63, 3.8) is 0 Å². The second-order valence-corrected chi connectivity index (χ2v) is 7.37. The molecule has 1 heterocycles. The Bertz CT molecular complexity index is 624. The minimum atomic E-state index is -4.08. The smallest absolute Gasteiger partial charge is 0.246 e. The van der Waals surface area contributed by atoms with E-state index in [0.717, 1.165) is 18.6 Å². The maximum atomic E-state index is 14.0. The van der Waals surface area contributed by atoms with Crippen LogP contribution in [0.3, 0.4) is 0 Å². The molecule has 0 aromatic heterocycles. The second-order valence-electron chi connectivity index (χ2n) is 5.56. The molecule has 0 unspecified atom stereocenters. The van der Waals surface area contributed by atoms with Gasteiger partial charge in [-0.05, 0) is 44.4 Å². The molecule has 2 N–H and O–H groups in total. The first-order valence-corrected chi connectivity index (χ1v) is 8.44. The number of hydrogen-bond acceptors (Lipinski definition) is 3. The molecule has 0 bridgehead atoms. The summed E-state index contributed by atoms with van der Waals surface area (Å²) in [6.07, 6.45) is 2.35. The summed E-state index contributed by atoms with van der Waals surface area (Å²) in [4.78, 5) is -0.622. The van der Waals surface area contributed by atoms with Gasteiger partial charge in [0.05, 0.1) is 0 Å². The van der Waals surface area contributed by atoms with E-state index in [1.54, 1.807) is 13.8 Å². The first-order chi connectivity index (χ1) is 9.78. The molecule has 1 aromatic rings. The summed E-state index contributed by atoms with van der Waals surface area (Å²) in [7, 11) is -4.08. The lowest BCUT2D eigenvalue weighted by Gasteiger charge is -2.37. The highest BCUT2D eigenvalue weighted by atomic mass is 32.2. The van der Waals surface area contributed by atoms with Crippen molar-refractivity contribution in [2.24, 2.45) is 5.73 Å². The number of nitrogens with zero attached hydrogens (tertiary/aromatic N) is 1. The van der Waals surface area contributed by atoms with Gasteiger partial charge in [0, 0.05) is 18.6 Å². The van der Waals surface area contributed by atoms with Crippen LogP contribution in [0.4, 0.5) is 8.78 Å². The van der Waals surface area contributed by atoms with Crippen LogP contribution >= 0.6 is 0 Å². The summed E-state index contributed by atoms with van der Waals surface area (Å²) < 4.78 is 54.3. The Labute approximate surface area is 124 Å². The Morgan fingerprint density at radius 2 is 1.81 bits per heavy atom. The van der Waals surface area contributed by atoms with Gasteiger partial charge in [-0.3, -0.25) is 0 Å². The third kappa shape index (κ3) is 2.95. The Morgan fingerprint density at radius 3 is 2.33 bits per heavy atom. The SMILES string of the molecule is C[C@@H]1CCC[C@H](C)N1S(=O)(=O)c1cc(CN)cc(F)c1F. The summed E-state index contributed by atoms with van der Waals surface area (Å²) in [5.41, 5.74) is 5.67. The fraction of sp³-hybridized carbons (Fsp3) is 0.571. The number of hydrogen-bond donors (Lipinski definition) is 1. The van der Waals surface area contributed by atoms with Crippen LogP contribution in [0.2, 0.25) is 0 Å². The Kier molecular flexibility index (Phi) is 4.65. The third-order valence-electron chi connectivity index (χ3n) is 3.96. The molecule has 1 fully saturated rings. The molecule has 1 aliphatic rings. The van der Waals surface area contributed by atoms with Crippen molar-refractivity contribution in [1.82, 2.24) is 4.31 Å². The Balaban J connectivity index is 2.55. The largest absolute Gasteiger partial charge is 0.326 e. The molecule has 0 aliphatic carbocycles. The zero-order valence-electron chi connectivity index (χ0n) is 12.1. The minimum Gasteiger partial charge on any atom is -0.326 e. The van der Waals surface area contributed by atoms with Crippen molar-refractivity contribution in [1.29, 1.82) is 0 Å². The monoisotopic (exact) mass is 318 g/mol. The highest BCUT2D eigenvalue weighted by molar-refractivity contribution is 7.89. The van der Waals surface area contributed by atoms with Gasteiger partial charge in [0.15, 0.2) is 11.6 Å². The van der Waals surface area contributed by atoms with E-state index in [2.05, 4.69) is 0 Å². The van der Waals surface area contributed by atoms with Crippen LogP contribution in [0.5, 0.6) is 0 Å². The van der Waals surface area contributed by atoms with Crippen molar-refractivity contribution in [2.75, 3.05) is 0 Å². The molecule has 0 spiro atoms. The molecule has 0 amide bonds. The zero-order chi connectivity index (χ0) is 15.8. The highest BCUT2D eigenvalue weighted by Crippen LogP contribution is 2.31. The van der Waals surface area contributed by atoms with Crippen molar-refractivity contribution in [3.05, 3.63) is 29.3 Å². The number of halogens is 2. The van der Waals surface area contributed by atoms with E-state index < -0.39 is 26.6 Å². The molecule has 4 nitrogen and oxygen atoms in total. The summed E-state index contributed by atoms with van der Waals surface area (Å²) in [6.45, 7) is 3.52. The number of piperidine rings is 1. The van der Waals surface area contributed by atoms with Crippen LogP contribution in [-0.4, -0.2) is 24.8 Å². The van der Waals surface area contributed by atoms with Crippen LogP contribution in [0.15, 0.2) is 17.0 Å². The Morgan fingerprint density at radius 1 is 1.24 bits per heavy atom. The van der Waals surface area contributed by atoms with Gasteiger partial charge < -0.3 is 5.73 Å². The van der Waals surface area contributed by atoms with Crippen LogP contribution in [0.25, 0.3) is 0 Å². The van der Waals surface area contributed by atoms with Crippen LogP contribution in [-0.2, 0) is 16.6 Å². The van der Waals surface area contributed by atoms with Crippen molar-refractivity contribution < 1.29 is 17.2 Å². The summed E-state index contributed by atoms with van der Waals surface area (Å²) >= 11 is 0. The number of nitrogens with two attached hydrogens (primary N) is 1. The van der Waals surface area contributed by atoms with E-state index in [4.69, 9.17) is 5.73 Å². The quantitative estimate of drug-likeness (QED) is 0.930. The first-order valence-electron chi connectivity index (χ1n) is 7.00. The molecule has 1 saturated heterocycles. The predicted octanol–water partition coefficient (Wildman–Crippen LogP) is 2.38. The Hall–Kier alpha value is -1.05. The molecule has 2 atom stereocenters. The van der Waals surface area contributed by atoms with Gasteiger partial charge in [-0.1, -0.05) is 6.42 Å². The average Bonchev–Trinajstić information content (AvgIpc) is 2.41. The molecule has 1 aromatic carbocycles. The molecule has 0 radical (unpaired) electrons. The van der Waals surface area contributed by atoms with Crippen LogP contribution in [0, 0.1) is 11.6 Å². The van der Waals surface area contributed by atoms with E-state index in [0.29, 0.717) is 12.8 Å². The van der Waals surface area contributed by atoms with E-state index in [9.17, 15) is 17.2 Å². The minimum absolute atomic E-state index is 0.0508. The zero-order valence-corrected chi connectivity index (χ0v) is 13.0. The van der Waals surface area contributed by atoms with Gasteiger partial charge in [-0.15, -0.1) is 0 Å². The number of sulfonamides is 1. The van der Waals surface area contributed by atoms with E-state index >= 15 is 0 Å². The number of rotatable bonds is 3. The lowest BCUT2D eigenvalue weighted by molar-refractivity contribution is 0.203. The average molecular weight is 318 g/mol. The van der Waals surface area contributed by atoms with Crippen molar-refractivity contribution >= 4 is 10.0 Å². The fourth-order valence-electron chi connectivity index (χ4n) is 2.91. The summed E-state index contributed by atoms with van der Waals surface area (Å²) in [6, 6.07) is 1.59. The van der Waals surface area contributed by atoms with Gasteiger partial charge in [0.1, 0.15) is 4.90 Å². The van der Waals surface area contributed by atoms with Gasteiger partial charge in [-0.2, -0.15) is 4.31 Å². The molecule has 0 saturated carbocycles.